The lowest BCUT2D eigenvalue weighted by Crippen LogP contribution is -2.31. The van der Waals surface area contributed by atoms with Gasteiger partial charge in [0.15, 0.2) is 0 Å². The number of nitrogens with zero attached hydrogens (tertiary/aromatic N) is 2. The third-order valence-corrected chi connectivity index (χ3v) is 3.03. The number of ether oxygens (including phenoxy) is 2. The van der Waals surface area contributed by atoms with Crippen LogP contribution in [0.2, 0.25) is 0 Å². The standard InChI is InChI=1S/C14H28N2O4/c1-5-15(6-2)13(17)19-11-9-10-12-20-14(18)16(7-3)8-4/h5-12H2,1-4H3. The van der Waals surface area contributed by atoms with Gasteiger partial charge >= 0.3 is 12.2 Å². The Hall–Kier alpha value is -1.46. The van der Waals surface area contributed by atoms with Crippen molar-refractivity contribution in [2.45, 2.75) is 40.5 Å². The molecule has 20 heavy (non-hydrogen) atoms. The van der Waals surface area contributed by atoms with Gasteiger partial charge in [-0.05, 0) is 40.5 Å². The van der Waals surface area contributed by atoms with E-state index in [4.69, 9.17) is 9.47 Å². The van der Waals surface area contributed by atoms with E-state index in [1.165, 1.54) is 0 Å². The summed E-state index contributed by atoms with van der Waals surface area (Å²) in [7, 11) is 0. The first-order chi connectivity index (χ1) is 9.60. The largest absolute Gasteiger partial charge is 0.449 e. The highest BCUT2D eigenvalue weighted by molar-refractivity contribution is 5.67. The normalized spacial score (nSPS) is 10.0. The van der Waals surface area contributed by atoms with Crippen LogP contribution in [0.5, 0.6) is 0 Å². The smallest absolute Gasteiger partial charge is 0.409 e. The van der Waals surface area contributed by atoms with Crippen LogP contribution in [0.25, 0.3) is 0 Å². The molecule has 0 saturated heterocycles. The molecule has 0 radical (unpaired) electrons. The molecule has 6 nitrogen and oxygen atoms in total. The third-order valence-electron chi connectivity index (χ3n) is 3.03. The zero-order valence-corrected chi connectivity index (χ0v) is 13.2. The van der Waals surface area contributed by atoms with Crippen molar-refractivity contribution in [3.05, 3.63) is 0 Å². The van der Waals surface area contributed by atoms with Crippen LogP contribution in [0.3, 0.4) is 0 Å². The van der Waals surface area contributed by atoms with Crippen molar-refractivity contribution >= 4 is 12.2 Å². The molecule has 0 fully saturated rings. The van der Waals surface area contributed by atoms with E-state index in [1.54, 1.807) is 9.80 Å². The van der Waals surface area contributed by atoms with Crippen molar-refractivity contribution in [2.75, 3.05) is 39.4 Å². The second kappa shape index (κ2) is 11.4. The summed E-state index contributed by atoms with van der Waals surface area (Å²) in [6.07, 6.45) is 0.821. The van der Waals surface area contributed by atoms with Gasteiger partial charge in [-0.2, -0.15) is 0 Å². The molecule has 0 rings (SSSR count). The summed E-state index contributed by atoms with van der Waals surface area (Å²) in [6.45, 7) is 11.0. The molecule has 0 aromatic carbocycles. The maximum atomic E-state index is 11.5. The van der Waals surface area contributed by atoms with Gasteiger partial charge in [-0.1, -0.05) is 0 Å². The lowest BCUT2D eigenvalue weighted by molar-refractivity contribution is 0.0913. The Kier molecular flexibility index (Phi) is 10.5. The molecule has 0 N–H and O–H groups in total. The number of hydrogen-bond acceptors (Lipinski definition) is 4. The molecule has 0 bridgehead atoms. The van der Waals surface area contributed by atoms with Crippen molar-refractivity contribution in [3.8, 4) is 0 Å². The Labute approximate surface area is 122 Å². The van der Waals surface area contributed by atoms with Crippen molar-refractivity contribution < 1.29 is 19.1 Å². The number of hydrogen-bond donors (Lipinski definition) is 0. The van der Waals surface area contributed by atoms with E-state index in [9.17, 15) is 9.59 Å². The first-order valence-electron chi connectivity index (χ1n) is 7.43. The molecular formula is C14H28N2O4. The molecule has 0 aromatic rings. The number of carbonyl (C=O) groups is 2. The van der Waals surface area contributed by atoms with E-state index in [2.05, 4.69) is 0 Å². The van der Waals surface area contributed by atoms with Crippen LogP contribution in [0.15, 0.2) is 0 Å². The highest BCUT2D eigenvalue weighted by atomic mass is 16.6. The van der Waals surface area contributed by atoms with E-state index < -0.39 is 0 Å². The molecule has 0 saturated carbocycles. The Morgan fingerprint density at radius 2 is 1.00 bits per heavy atom. The Bertz CT molecular complexity index is 248. The average Bonchev–Trinajstić information content (AvgIpc) is 2.45. The molecule has 118 valence electrons. The third kappa shape index (κ3) is 7.21. The van der Waals surface area contributed by atoms with E-state index in [0.29, 0.717) is 52.2 Å². The second-order valence-corrected chi connectivity index (χ2v) is 4.28. The fourth-order valence-electron chi connectivity index (χ4n) is 1.67. The summed E-state index contributed by atoms with van der Waals surface area (Å²) < 4.78 is 10.2. The van der Waals surface area contributed by atoms with Gasteiger partial charge < -0.3 is 19.3 Å². The molecule has 6 heteroatoms. The highest BCUT2D eigenvalue weighted by Crippen LogP contribution is 1.99. The minimum Gasteiger partial charge on any atom is -0.449 e. The maximum absolute atomic E-state index is 11.5. The van der Waals surface area contributed by atoms with E-state index in [-0.39, 0.29) is 12.2 Å². The van der Waals surface area contributed by atoms with Gasteiger partial charge in [-0.25, -0.2) is 9.59 Å². The van der Waals surface area contributed by atoms with Gasteiger partial charge in [0.1, 0.15) is 0 Å². The van der Waals surface area contributed by atoms with Crippen LogP contribution in [0, 0.1) is 0 Å². The summed E-state index contributed by atoms with van der Waals surface area (Å²) in [5, 5.41) is 0. The Morgan fingerprint density at radius 1 is 0.700 bits per heavy atom. The van der Waals surface area contributed by atoms with Gasteiger partial charge in [0.05, 0.1) is 13.2 Å². The van der Waals surface area contributed by atoms with Crippen molar-refractivity contribution in [3.63, 3.8) is 0 Å². The lowest BCUT2D eigenvalue weighted by atomic mass is 10.3. The molecule has 2 amide bonds. The molecule has 0 heterocycles. The van der Waals surface area contributed by atoms with Gasteiger partial charge in [-0.3, -0.25) is 0 Å². The minimum absolute atomic E-state index is 0.282. The number of amides is 2. The summed E-state index contributed by atoms with van der Waals surface area (Å²) in [4.78, 5) is 26.3. The van der Waals surface area contributed by atoms with Crippen LogP contribution in [-0.2, 0) is 9.47 Å². The zero-order chi connectivity index (χ0) is 15.4. The Balaban J connectivity index is 3.63. The monoisotopic (exact) mass is 288 g/mol. The first-order valence-corrected chi connectivity index (χ1v) is 7.43. The molecule has 0 aliphatic heterocycles. The molecule has 0 aliphatic carbocycles. The molecular weight excluding hydrogens is 260 g/mol. The van der Waals surface area contributed by atoms with E-state index in [1.807, 2.05) is 27.7 Å². The summed E-state index contributed by atoms with van der Waals surface area (Å²) >= 11 is 0. The highest BCUT2D eigenvalue weighted by Gasteiger charge is 2.11. The van der Waals surface area contributed by atoms with Gasteiger partial charge in [-0.15, -0.1) is 0 Å². The molecule has 0 spiro atoms. The number of carbonyl (C=O) groups excluding carboxylic acids is 2. The molecule has 0 aliphatic rings. The second-order valence-electron chi connectivity index (χ2n) is 4.28. The quantitative estimate of drug-likeness (QED) is 0.612. The van der Waals surface area contributed by atoms with Crippen LogP contribution in [0.1, 0.15) is 40.5 Å². The SMILES string of the molecule is CCN(CC)C(=O)OCCCCOC(=O)N(CC)CC. The summed E-state index contributed by atoms with van der Waals surface area (Å²) in [5.41, 5.74) is 0. The fraction of sp³-hybridized carbons (Fsp3) is 0.857. The predicted octanol–water partition coefficient (Wildman–Crippen LogP) is 2.72. The van der Waals surface area contributed by atoms with Crippen molar-refractivity contribution in [2.24, 2.45) is 0 Å². The van der Waals surface area contributed by atoms with E-state index in [0.717, 1.165) is 0 Å². The van der Waals surface area contributed by atoms with Crippen LogP contribution >= 0.6 is 0 Å². The minimum atomic E-state index is -0.282. The first kappa shape index (κ1) is 18.5. The zero-order valence-electron chi connectivity index (χ0n) is 13.2. The lowest BCUT2D eigenvalue weighted by Gasteiger charge is -2.18. The molecule has 0 atom stereocenters. The fourth-order valence-corrected chi connectivity index (χ4v) is 1.67. The number of rotatable bonds is 9. The van der Waals surface area contributed by atoms with Gasteiger partial charge in [0, 0.05) is 26.2 Å². The summed E-state index contributed by atoms with van der Waals surface area (Å²) in [5.74, 6) is 0. The average molecular weight is 288 g/mol. The van der Waals surface area contributed by atoms with Crippen LogP contribution < -0.4 is 0 Å². The molecule has 0 unspecified atom stereocenters. The summed E-state index contributed by atoms with van der Waals surface area (Å²) in [6, 6.07) is 0. The van der Waals surface area contributed by atoms with Crippen LogP contribution in [0.4, 0.5) is 9.59 Å². The topological polar surface area (TPSA) is 59.1 Å². The maximum Gasteiger partial charge on any atom is 0.409 e. The van der Waals surface area contributed by atoms with Gasteiger partial charge in [0.2, 0.25) is 0 Å². The Morgan fingerprint density at radius 3 is 1.25 bits per heavy atom. The molecule has 0 aromatic heterocycles. The van der Waals surface area contributed by atoms with Gasteiger partial charge in [0.25, 0.3) is 0 Å². The van der Waals surface area contributed by atoms with Crippen molar-refractivity contribution in [1.82, 2.24) is 9.80 Å². The number of unbranched alkanes of at least 4 members (excludes halogenated alkanes) is 1. The van der Waals surface area contributed by atoms with E-state index >= 15 is 0 Å². The predicted molar refractivity (Wildman–Crippen MR) is 77.8 cm³/mol. The van der Waals surface area contributed by atoms with Crippen LogP contribution in [-0.4, -0.2) is 61.4 Å². The van der Waals surface area contributed by atoms with Crippen molar-refractivity contribution in [1.29, 1.82) is 0 Å².